The number of nitrogens with zero attached hydrogens (tertiary/aromatic N) is 4. The Morgan fingerprint density at radius 2 is 1.18 bits per heavy atom. The van der Waals surface area contributed by atoms with Gasteiger partial charge >= 0.3 is 0 Å². The van der Waals surface area contributed by atoms with E-state index >= 15 is 0 Å². The summed E-state index contributed by atoms with van der Waals surface area (Å²) in [7, 11) is 3.07. The second kappa shape index (κ2) is 11.6. The zero-order valence-corrected chi connectivity index (χ0v) is 24.2. The van der Waals surface area contributed by atoms with E-state index in [2.05, 4.69) is 9.98 Å². The van der Waals surface area contributed by atoms with Gasteiger partial charge in [0.2, 0.25) is 0 Å². The molecule has 7 rings (SSSR count). The molecule has 12 nitrogen and oxygen atoms in total. The molecule has 0 spiro atoms. The van der Waals surface area contributed by atoms with Crippen molar-refractivity contribution in [1.82, 2.24) is 9.80 Å². The van der Waals surface area contributed by atoms with Crippen molar-refractivity contribution >= 4 is 35.6 Å². The van der Waals surface area contributed by atoms with Gasteiger partial charge in [-0.25, -0.2) is 0 Å². The minimum Gasteiger partial charge on any atom is -0.493 e. The van der Waals surface area contributed by atoms with E-state index in [1.165, 1.54) is 14.2 Å². The minimum absolute atomic E-state index is 0.156. The summed E-state index contributed by atoms with van der Waals surface area (Å²) in [6.45, 7) is 1.82. The molecule has 4 heterocycles. The van der Waals surface area contributed by atoms with Crippen molar-refractivity contribution in [1.29, 1.82) is 0 Å². The Bertz CT molecular complexity index is 1570. The minimum atomic E-state index is -0.191. The van der Waals surface area contributed by atoms with Gasteiger partial charge in [-0.3, -0.25) is 19.6 Å². The fraction of sp³-hybridized carbons (Fsp3) is 0.312. The van der Waals surface area contributed by atoms with Gasteiger partial charge in [0.15, 0.2) is 23.0 Å². The van der Waals surface area contributed by atoms with Crippen LogP contribution in [0.2, 0.25) is 0 Å². The van der Waals surface area contributed by atoms with E-state index in [0.29, 0.717) is 58.7 Å². The number of benzene rings is 3. The van der Waals surface area contributed by atoms with Crippen LogP contribution in [-0.2, 0) is 22.7 Å². The standard InChI is InChI=1S/C32H30N4O8/c1-39-27-7-23-25(33-11-21-15-41-17-35(21)31(23)37)9-29(27)43-13-19-4-3-5-20(6-19)14-44-30-10-26-24(8-28(30)40-2)32(38)36-18-42-16-22(36)12-34-26/h3-12,21-22H,13-18H2,1-2H3/t21-,22?/m1/s1. The highest BCUT2D eigenvalue weighted by molar-refractivity contribution is 6.04. The lowest BCUT2D eigenvalue weighted by Gasteiger charge is -2.19. The van der Waals surface area contributed by atoms with E-state index in [-0.39, 0.29) is 50.6 Å². The molecule has 2 saturated heterocycles. The highest BCUT2D eigenvalue weighted by atomic mass is 16.5. The van der Waals surface area contributed by atoms with Crippen LogP contribution >= 0.6 is 0 Å². The summed E-state index contributed by atoms with van der Waals surface area (Å²) in [5, 5.41) is 0. The maximum atomic E-state index is 13.1. The third kappa shape index (κ3) is 5.12. The molecule has 0 bridgehead atoms. The summed E-state index contributed by atoms with van der Waals surface area (Å²) >= 11 is 0. The average Bonchev–Trinajstić information content (AvgIpc) is 3.68. The lowest BCUT2D eigenvalue weighted by atomic mass is 10.1. The van der Waals surface area contributed by atoms with Crippen molar-refractivity contribution < 1.29 is 38.0 Å². The molecule has 4 aliphatic heterocycles. The average molecular weight is 599 g/mol. The maximum Gasteiger partial charge on any atom is 0.258 e. The quantitative estimate of drug-likeness (QED) is 0.383. The summed E-state index contributed by atoms with van der Waals surface area (Å²) in [5.74, 6) is 1.53. The molecule has 0 aromatic heterocycles. The van der Waals surface area contributed by atoms with Gasteiger partial charge in [-0.1, -0.05) is 18.2 Å². The number of ether oxygens (including phenoxy) is 6. The predicted molar refractivity (Wildman–Crippen MR) is 159 cm³/mol. The molecule has 2 amide bonds. The van der Waals surface area contributed by atoms with Crippen LogP contribution in [0.1, 0.15) is 31.8 Å². The zero-order chi connectivity index (χ0) is 30.2. The number of rotatable bonds is 8. The molecular weight excluding hydrogens is 568 g/mol. The summed E-state index contributed by atoms with van der Waals surface area (Å²) in [6, 6.07) is 14.2. The molecule has 226 valence electrons. The summed E-state index contributed by atoms with van der Waals surface area (Å²) in [4.78, 5) is 38.5. The lowest BCUT2D eigenvalue weighted by Crippen LogP contribution is -2.36. The fourth-order valence-corrected chi connectivity index (χ4v) is 5.55. The Hall–Kier alpha value is -4.94. The molecule has 4 aliphatic rings. The number of fused-ring (bicyclic) bond motifs is 4. The van der Waals surface area contributed by atoms with Crippen LogP contribution in [0.5, 0.6) is 23.0 Å². The molecule has 2 fully saturated rings. The fourth-order valence-electron chi connectivity index (χ4n) is 5.55. The Kier molecular flexibility index (Phi) is 7.36. The third-order valence-corrected chi connectivity index (χ3v) is 7.94. The van der Waals surface area contributed by atoms with E-state index < -0.39 is 0 Å². The Morgan fingerprint density at radius 3 is 1.64 bits per heavy atom. The topological polar surface area (TPSA) is 121 Å². The predicted octanol–water partition coefficient (Wildman–Crippen LogP) is 3.89. The van der Waals surface area contributed by atoms with E-state index in [0.717, 1.165) is 11.1 Å². The van der Waals surface area contributed by atoms with Gasteiger partial charge in [0.25, 0.3) is 11.8 Å². The van der Waals surface area contributed by atoms with E-state index in [1.807, 2.05) is 24.3 Å². The molecule has 3 aromatic rings. The van der Waals surface area contributed by atoms with E-state index in [4.69, 9.17) is 28.4 Å². The van der Waals surface area contributed by atoms with Gasteiger partial charge in [0.05, 0.1) is 62.0 Å². The van der Waals surface area contributed by atoms with Gasteiger partial charge in [0, 0.05) is 24.6 Å². The smallest absolute Gasteiger partial charge is 0.258 e. The molecular formula is C32H30N4O8. The first-order chi connectivity index (χ1) is 21.5. The van der Waals surface area contributed by atoms with Gasteiger partial charge < -0.3 is 38.2 Å². The number of carbonyl (C=O) groups excluding carboxylic acids is 2. The highest BCUT2D eigenvalue weighted by Gasteiger charge is 2.34. The first-order valence-corrected chi connectivity index (χ1v) is 14.2. The van der Waals surface area contributed by atoms with Crippen LogP contribution in [0.4, 0.5) is 11.4 Å². The largest absolute Gasteiger partial charge is 0.493 e. The number of aliphatic imine (C=N–C) groups is 2. The number of amides is 2. The summed E-state index contributed by atoms with van der Waals surface area (Å²) < 4.78 is 34.3. The Morgan fingerprint density at radius 1 is 0.705 bits per heavy atom. The van der Waals surface area contributed by atoms with Gasteiger partial charge in [-0.2, -0.15) is 0 Å². The molecule has 1 unspecified atom stereocenters. The molecule has 0 saturated carbocycles. The molecule has 44 heavy (non-hydrogen) atoms. The second-order valence-corrected chi connectivity index (χ2v) is 10.7. The molecule has 0 N–H and O–H groups in total. The van der Waals surface area contributed by atoms with Crippen LogP contribution < -0.4 is 18.9 Å². The first kappa shape index (κ1) is 27.9. The van der Waals surface area contributed by atoms with E-state index in [9.17, 15) is 9.59 Å². The lowest BCUT2D eigenvalue weighted by molar-refractivity contribution is 0.0675. The van der Waals surface area contributed by atoms with Crippen LogP contribution in [0, 0.1) is 0 Å². The first-order valence-electron chi connectivity index (χ1n) is 14.2. The summed E-state index contributed by atoms with van der Waals surface area (Å²) in [6.07, 6.45) is 3.47. The van der Waals surface area contributed by atoms with Crippen molar-refractivity contribution in [3.8, 4) is 23.0 Å². The van der Waals surface area contributed by atoms with E-state index in [1.54, 1.807) is 46.5 Å². The number of carbonyl (C=O) groups is 2. The van der Waals surface area contributed by atoms with Crippen LogP contribution in [-0.4, -0.2) is 87.0 Å². The van der Waals surface area contributed by atoms with Gasteiger partial charge in [-0.05, 0) is 29.3 Å². The number of hydrogen-bond acceptors (Lipinski definition) is 10. The second-order valence-electron chi connectivity index (χ2n) is 10.7. The molecule has 0 aliphatic carbocycles. The Labute approximate surface area is 253 Å². The van der Waals surface area contributed by atoms with Gasteiger partial charge in [-0.15, -0.1) is 0 Å². The normalized spacial score (nSPS) is 20.0. The monoisotopic (exact) mass is 598 g/mol. The van der Waals surface area contributed by atoms with Crippen molar-refractivity contribution in [3.05, 3.63) is 70.8 Å². The van der Waals surface area contributed by atoms with Gasteiger partial charge in [0.1, 0.15) is 26.7 Å². The highest BCUT2D eigenvalue weighted by Crippen LogP contribution is 2.39. The SMILES string of the molecule is COc1cc2c(cc1OCc1cccc(COc3cc4c(cc3OC)C(=O)N3COC[C@H]3C=N4)c1)N=CC1COCN1C2=O. The third-order valence-electron chi connectivity index (χ3n) is 7.94. The van der Waals surface area contributed by atoms with Crippen LogP contribution in [0.25, 0.3) is 0 Å². The number of hydrogen-bond donors (Lipinski definition) is 0. The molecule has 3 aromatic carbocycles. The Balaban J connectivity index is 1.06. The number of methoxy groups -OCH3 is 2. The molecule has 12 heteroatoms. The van der Waals surface area contributed by atoms with Crippen LogP contribution in [0.15, 0.2) is 58.5 Å². The van der Waals surface area contributed by atoms with Crippen molar-refractivity contribution in [2.24, 2.45) is 9.98 Å². The summed E-state index contributed by atoms with van der Waals surface area (Å²) in [5.41, 5.74) is 3.75. The van der Waals surface area contributed by atoms with Crippen molar-refractivity contribution in [2.45, 2.75) is 25.3 Å². The zero-order valence-electron chi connectivity index (χ0n) is 24.2. The van der Waals surface area contributed by atoms with Crippen LogP contribution in [0.3, 0.4) is 0 Å². The van der Waals surface area contributed by atoms with Crippen molar-refractivity contribution in [3.63, 3.8) is 0 Å². The maximum absolute atomic E-state index is 13.1. The molecule has 2 atom stereocenters. The molecule has 0 radical (unpaired) electrons. The van der Waals surface area contributed by atoms with Crippen molar-refractivity contribution in [2.75, 3.05) is 40.9 Å².